The predicted octanol–water partition coefficient (Wildman–Crippen LogP) is 4.04. The average Bonchev–Trinajstić information content (AvgIpc) is 2.50. The van der Waals surface area contributed by atoms with Gasteiger partial charge in [-0.1, -0.05) is 61.0 Å². The summed E-state index contributed by atoms with van der Waals surface area (Å²) in [5, 5.41) is 3.61. The summed E-state index contributed by atoms with van der Waals surface area (Å²) in [5.74, 6) is 0. The van der Waals surface area contributed by atoms with Crippen LogP contribution in [0.3, 0.4) is 0 Å². The monoisotopic (exact) mass is 251 g/mol. The number of hydrogen-bond donors (Lipinski definition) is 1. The van der Waals surface area contributed by atoms with Crippen LogP contribution >= 0.6 is 0 Å². The van der Waals surface area contributed by atoms with Gasteiger partial charge in [0, 0.05) is 6.04 Å². The quantitative estimate of drug-likeness (QED) is 0.868. The third kappa shape index (κ3) is 3.24. The molecule has 2 aromatic rings. The zero-order valence-electron chi connectivity index (χ0n) is 11.3. The molecule has 0 radical (unpaired) electrons. The molecule has 1 N–H and O–H groups in total. The van der Waals surface area contributed by atoms with Gasteiger partial charge in [-0.2, -0.15) is 0 Å². The minimum Gasteiger partial charge on any atom is -0.314 e. The Morgan fingerprint density at radius 1 is 0.842 bits per heavy atom. The molecule has 1 fully saturated rings. The van der Waals surface area contributed by atoms with Gasteiger partial charge in [0.1, 0.15) is 0 Å². The zero-order valence-corrected chi connectivity index (χ0v) is 11.3. The van der Waals surface area contributed by atoms with Crippen LogP contribution in [0.2, 0.25) is 0 Å². The normalized spacial score (nSPS) is 19.3. The van der Waals surface area contributed by atoms with Crippen molar-refractivity contribution in [3.8, 4) is 11.1 Å². The molecule has 0 amide bonds. The van der Waals surface area contributed by atoms with Crippen molar-refractivity contribution in [2.45, 2.75) is 31.7 Å². The van der Waals surface area contributed by atoms with Gasteiger partial charge >= 0.3 is 0 Å². The fraction of sp³-hybridized carbons (Fsp3) is 0.333. The molecule has 1 heterocycles. The fourth-order valence-electron chi connectivity index (χ4n) is 2.85. The van der Waals surface area contributed by atoms with Crippen LogP contribution in [0.25, 0.3) is 11.1 Å². The topological polar surface area (TPSA) is 12.0 Å². The average molecular weight is 251 g/mol. The highest BCUT2D eigenvalue weighted by Gasteiger charge is 2.12. The second-order valence-electron chi connectivity index (χ2n) is 5.41. The Balaban J connectivity index is 1.68. The van der Waals surface area contributed by atoms with Crippen molar-refractivity contribution < 1.29 is 0 Å². The maximum Gasteiger partial charge on any atom is 0.0107 e. The molecule has 1 aliphatic heterocycles. The van der Waals surface area contributed by atoms with E-state index in [4.69, 9.17) is 0 Å². The minimum atomic E-state index is 0.677. The molecule has 0 unspecified atom stereocenters. The van der Waals surface area contributed by atoms with Crippen LogP contribution in [0.4, 0.5) is 0 Å². The fourth-order valence-corrected chi connectivity index (χ4v) is 2.85. The summed E-state index contributed by atoms with van der Waals surface area (Å²) in [4.78, 5) is 0. The van der Waals surface area contributed by atoms with Crippen molar-refractivity contribution in [1.29, 1.82) is 0 Å². The van der Waals surface area contributed by atoms with Gasteiger partial charge in [0.05, 0.1) is 0 Å². The second kappa shape index (κ2) is 6.03. The molecule has 1 nitrogen and oxygen atoms in total. The van der Waals surface area contributed by atoms with Crippen molar-refractivity contribution in [2.24, 2.45) is 0 Å². The van der Waals surface area contributed by atoms with Crippen molar-refractivity contribution in [2.75, 3.05) is 6.54 Å². The molecule has 1 heteroatoms. The van der Waals surface area contributed by atoms with E-state index in [-0.39, 0.29) is 0 Å². The smallest absolute Gasteiger partial charge is 0.0107 e. The molecule has 0 aliphatic carbocycles. The lowest BCUT2D eigenvalue weighted by Crippen LogP contribution is -2.35. The molecule has 2 aromatic carbocycles. The molecule has 1 aliphatic rings. The van der Waals surface area contributed by atoms with Gasteiger partial charge in [-0.3, -0.25) is 0 Å². The van der Waals surface area contributed by atoms with Crippen LogP contribution in [-0.2, 0) is 6.42 Å². The summed E-state index contributed by atoms with van der Waals surface area (Å²) in [7, 11) is 0. The molecule has 0 saturated carbocycles. The van der Waals surface area contributed by atoms with E-state index in [2.05, 4.69) is 59.9 Å². The largest absolute Gasteiger partial charge is 0.314 e. The molecule has 19 heavy (non-hydrogen) atoms. The molecule has 1 atom stereocenters. The number of rotatable bonds is 3. The summed E-state index contributed by atoms with van der Waals surface area (Å²) in [6.07, 6.45) is 5.19. The van der Waals surface area contributed by atoms with Gasteiger partial charge < -0.3 is 5.32 Å². The van der Waals surface area contributed by atoms with Crippen molar-refractivity contribution in [1.82, 2.24) is 5.32 Å². The Hall–Kier alpha value is -1.60. The van der Waals surface area contributed by atoms with Crippen LogP contribution in [-0.4, -0.2) is 12.6 Å². The van der Waals surface area contributed by atoms with Crippen LogP contribution in [0.1, 0.15) is 24.8 Å². The first-order chi connectivity index (χ1) is 9.42. The highest BCUT2D eigenvalue weighted by atomic mass is 14.9. The Morgan fingerprint density at radius 3 is 2.26 bits per heavy atom. The Bertz CT molecular complexity index is 495. The van der Waals surface area contributed by atoms with Crippen LogP contribution in [0.5, 0.6) is 0 Å². The summed E-state index contributed by atoms with van der Waals surface area (Å²) < 4.78 is 0. The van der Waals surface area contributed by atoms with Gasteiger partial charge in [0.25, 0.3) is 0 Å². The van der Waals surface area contributed by atoms with Gasteiger partial charge in [-0.15, -0.1) is 0 Å². The van der Waals surface area contributed by atoms with E-state index in [1.807, 2.05) is 0 Å². The molecular weight excluding hydrogens is 230 g/mol. The van der Waals surface area contributed by atoms with Crippen LogP contribution < -0.4 is 5.32 Å². The standard InChI is InChI=1S/C18H21N/c1-2-6-16(7-3-1)17-11-9-15(10-12-17)14-18-8-4-5-13-19-18/h1-3,6-7,9-12,18-19H,4-5,8,13-14H2/t18-/m0/s1. The Kier molecular flexibility index (Phi) is 3.95. The number of piperidine rings is 1. The van der Waals surface area contributed by atoms with E-state index in [1.165, 1.54) is 42.5 Å². The number of nitrogens with one attached hydrogen (secondary N) is 1. The van der Waals surface area contributed by atoms with Crippen molar-refractivity contribution in [3.63, 3.8) is 0 Å². The van der Waals surface area contributed by atoms with Crippen molar-refractivity contribution >= 4 is 0 Å². The predicted molar refractivity (Wildman–Crippen MR) is 81.2 cm³/mol. The van der Waals surface area contributed by atoms with E-state index in [0.29, 0.717) is 6.04 Å². The van der Waals surface area contributed by atoms with E-state index < -0.39 is 0 Å². The first-order valence-electron chi connectivity index (χ1n) is 7.29. The number of benzene rings is 2. The van der Waals surface area contributed by atoms with E-state index >= 15 is 0 Å². The molecule has 1 saturated heterocycles. The van der Waals surface area contributed by atoms with Crippen LogP contribution in [0, 0.1) is 0 Å². The lowest BCUT2D eigenvalue weighted by Gasteiger charge is -2.23. The Labute approximate surface area is 115 Å². The lowest BCUT2D eigenvalue weighted by molar-refractivity contribution is 0.399. The summed E-state index contributed by atoms with van der Waals surface area (Å²) in [6, 6.07) is 20.3. The van der Waals surface area contributed by atoms with Gasteiger partial charge in [-0.05, 0) is 42.5 Å². The van der Waals surface area contributed by atoms with E-state index in [0.717, 1.165) is 6.42 Å². The first-order valence-corrected chi connectivity index (χ1v) is 7.29. The molecular formula is C18H21N. The minimum absolute atomic E-state index is 0.677. The highest BCUT2D eigenvalue weighted by molar-refractivity contribution is 5.63. The van der Waals surface area contributed by atoms with E-state index in [9.17, 15) is 0 Å². The molecule has 3 rings (SSSR count). The molecule has 0 spiro atoms. The van der Waals surface area contributed by atoms with Gasteiger partial charge in [0.15, 0.2) is 0 Å². The third-order valence-corrected chi connectivity index (χ3v) is 3.96. The van der Waals surface area contributed by atoms with Crippen LogP contribution in [0.15, 0.2) is 54.6 Å². The third-order valence-electron chi connectivity index (χ3n) is 3.96. The van der Waals surface area contributed by atoms with Gasteiger partial charge in [0.2, 0.25) is 0 Å². The van der Waals surface area contributed by atoms with Crippen molar-refractivity contribution in [3.05, 3.63) is 60.2 Å². The Morgan fingerprint density at radius 2 is 1.58 bits per heavy atom. The molecule has 0 bridgehead atoms. The maximum absolute atomic E-state index is 3.61. The summed E-state index contributed by atoms with van der Waals surface area (Å²) in [5.41, 5.74) is 4.05. The number of hydrogen-bond acceptors (Lipinski definition) is 1. The highest BCUT2D eigenvalue weighted by Crippen LogP contribution is 2.20. The molecule has 98 valence electrons. The van der Waals surface area contributed by atoms with Gasteiger partial charge in [-0.25, -0.2) is 0 Å². The summed E-state index contributed by atoms with van der Waals surface area (Å²) >= 11 is 0. The second-order valence-corrected chi connectivity index (χ2v) is 5.41. The zero-order chi connectivity index (χ0) is 12.9. The summed E-state index contributed by atoms with van der Waals surface area (Å²) in [6.45, 7) is 1.19. The SMILES string of the molecule is c1ccc(-c2ccc(C[C@@H]3CCCCN3)cc2)cc1. The van der Waals surface area contributed by atoms with E-state index in [1.54, 1.807) is 0 Å². The molecule has 0 aromatic heterocycles. The lowest BCUT2D eigenvalue weighted by atomic mass is 9.96. The first kappa shape index (κ1) is 12.4. The maximum atomic E-state index is 3.61.